The Labute approximate surface area is 154 Å². The Kier molecular flexibility index (Phi) is 4.91. The van der Waals surface area contributed by atoms with Crippen molar-refractivity contribution in [3.8, 4) is 11.5 Å². The number of fused-ring (bicyclic) bond motifs is 1. The molecule has 0 radical (unpaired) electrons. The second-order valence-corrected chi connectivity index (χ2v) is 6.10. The van der Waals surface area contributed by atoms with Crippen molar-refractivity contribution in [1.29, 1.82) is 0 Å². The first-order valence-corrected chi connectivity index (χ1v) is 8.20. The Balaban J connectivity index is 1.82. The zero-order valence-electron chi connectivity index (χ0n) is 15.2. The fourth-order valence-corrected chi connectivity index (χ4v) is 2.78. The summed E-state index contributed by atoms with van der Waals surface area (Å²) in [7, 11) is 4.45. The molecule has 0 bridgehead atoms. The van der Waals surface area contributed by atoms with Gasteiger partial charge in [-0.25, -0.2) is 4.79 Å². The number of aromatic nitrogens is 4. The standard InChI is InChI=1S/C17H21N5O5/c1-20-14-13(15(24)21(2)17(20)25)22(16(18)19-14)8-10(23)9-27-12-6-4-11(26-3)5-7-12/h4-7,10,23H,8-9H2,1-3H3,(H2,18,19). The van der Waals surface area contributed by atoms with Gasteiger partial charge in [-0.2, -0.15) is 4.98 Å². The number of nitrogen functional groups attached to an aromatic ring is 1. The number of hydrogen-bond donors (Lipinski definition) is 2. The Bertz CT molecular complexity index is 1080. The molecule has 10 nitrogen and oxygen atoms in total. The summed E-state index contributed by atoms with van der Waals surface area (Å²) in [4.78, 5) is 28.6. The summed E-state index contributed by atoms with van der Waals surface area (Å²) in [6.07, 6.45) is -0.950. The third-order valence-electron chi connectivity index (χ3n) is 4.27. The molecule has 0 saturated carbocycles. The molecule has 0 aliphatic heterocycles. The van der Waals surface area contributed by atoms with Gasteiger partial charge in [0.15, 0.2) is 11.2 Å². The van der Waals surface area contributed by atoms with Gasteiger partial charge < -0.3 is 24.9 Å². The predicted molar refractivity (Wildman–Crippen MR) is 99.1 cm³/mol. The molecule has 0 spiro atoms. The minimum Gasteiger partial charge on any atom is -0.497 e. The molecule has 0 aliphatic carbocycles. The lowest BCUT2D eigenvalue weighted by atomic mass is 10.3. The highest BCUT2D eigenvalue weighted by Crippen LogP contribution is 2.18. The number of imidazole rings is 1. The Morgan fingerprint density at radius 3 is 2.41 bits per heavy atom. The maximum absolute atomic E-state index is 12.5. The van der Waals surface area contributed by atoms with Gasteiger partial charge in [-0.1, -0.05) is 0 Å². The van der Waals surface area contributed by atoms with Crippen LogP contribution in [0, 0.1) is 0 Å². The molecule has 2 heterocycles. The molecule has 27 heavy (non-hydrogen) atoms. The Morgan fingerprint density at radius 2 is 1.78 bits per heavy atom. The van der Waals surface area contributed by atoms with Crippen molar-refractivity contribution in [3.05, 3.63) is 45.1 Å². The Morgan fingerprint density at radius 1 is 1.15 bits per heavy atom. The molecular formula is C17H21N5O5. The van der Waals surface area contributed by atoms with Gasteiger partial charge in [-0.15, -0.1) is 0 Å². The lowest BCUT2D eigenvalue weighted by molar-refractivity contribution is 0.0938. The van der Waals surface area contributed by atoms with E-state index in [1.54, 1.807) is 31.4 Å². The fraction of sp³-hybridized carbons (Fsp3) is 0.353. The Hall–Kier alpha value is -3.27. The van der Waals surface area contributed by atoms with Crippen LogP contribution in [-0.4, -0.2) is 43.6 Å². The number of rotatable bonds is 6. The number of hydrogen-bond acceptors (Lipinski definition) is 7. The van der Waals surface area contributed by atoms with Crippen molar-refractivity contribution in [2.24, 2.45) is 14.1 Å². The fourth-order valence-electron chi connectivity index (χ4n) is 2.78. The van der Waals surface area contributed by atoms with Gasteiger partial charge in [0.25, 0.3) is 5.56 Å². The number of aliphatic hydroxyl groups is 1. The van der Waals surface area contributed by atoms with Crippen LogP contribution in [0.4, 0.5) is 5.95 Å². The topological polar surface area (TPSA) is 127 Å². The van der Waals surface area contributed by atoms with E-state index in [2.05, 4.69) is 4.98 Å². The molecule has 3 rings (SSSR count). The molecule has 144 valence electrons. The molecule has 0 aliphatic rings. The summed E-state index contributed by atoms with van der Waals surface area (Å²) in [5.74, 6) is 1.30. The quantitative estimate of drug-likeness (QED) is 0.593. The van der Waals surface area contributed by atoms with E-state index in [1.165, 1.54) is 23.2 Å². The number of anilines is 1. The van der Waals surface area contributed by atoms with E-state index < -0.39 is 17.4 Å². The highest BCUT2D eigenvalue weighted by atomic mass is 16.5. The second kappa shape index (κ2) is 7.16. The minimum atomic E-state index is -0.950. The summed E-state index contributed by atoms with van der Waals surface area (Å²) in [6, 6.07) is 6.93. The largest absolute Gasteiger partial charge is 0.497 e. The van der Waals surface area contributed by atoms with Crippen LogP contribution >= 0.6 is 0 Å². The van der Waals surface area contributed by atoms with Crippen molar-refractivity contribution < 1.29 is 14.6 Å². The van der Waals surface area contributed by atoms with Gasteiger partial charge in [0.2, 0.25) is 5.95 Å². The van der Waals surface area contributed by atoms with Crippen LogP contribution < -0.4 is 26.5 Å². The molecule has 1 unspecified atom stereocenters. The van der Waals surface area contributed by atoms with E-state index in [0.29, 0.717) is 11.5 Å². The SMILES string of the molecule is COc1ccc(OCC(O)Cn2c(N)nc3c2c(=O)n(C)c(=O)n3C)cc1. The van der Waals surface area contributed by atoms with Gasteiger partial charge in [-0.05, 0) is 24.3 Å². The molecule has 1 aromatic carbocycles. The van der Waals surface area contributed by atoms with Crippen LogP contribution in [0.1, 0.15) is 0 Å². The van der Waals surface area contributed by atoms with Crippen LogP contribution in [0.2, 0.25) is 0 Å². The monoisotopic (exact) mass is 375 g/mol. The molecule has 3 aromatic rings. The van der Waals surface area contributed by atoms with Crippen molar-refractivity contribution in [3.63, 3.8) is 0 Å². The van der Waals surface area contributed by atoms with Crippen molar-refractivity contribution in [2.75, 3.05) is 19.5 Å². The summed E-state index contributed by atoms with van der Waals surface area (Å²) in [5, 5.41) is 10.3. The van der Waals surface area contributed by atoms with E-state index in [9.17, 15) is 14.7 Å². The maximum atomic E-state index is 12.5. The third kappa shape index (κ3) is 3.38. The lowest BCUT2D eigenvalue weighted by Gasteiger charge is -2.14. The lowest BCUT2D eigenvalue weighted by Crippen LogP contribution is -2.38. The van der Waals surface area contributed by atoms with Crippen molar-refractivity contribution in [2.45, 2.75) is 12.6 Å². The molecule has 0 fully saturated rings. The average molecular weight is 375 g/mol. The van der Waals surface area contributed by atoms with Gasteiger partial charge in [0, 0.05) is 14.1 Å². The first kappa shape index (κ1) is 18.5. The number of ether oxygens (including phenoxy) is 2. The van der Waals surface area contributed by atoms with Crippen molar-refractivity contribution >= 4 is 17.1 Å². The summed E-state index contributed by atoms with van der Waals surface area (Å²) in [6.45, 7) is -0.0244. The molecule has 2 aromatic heterocycles. The van der Waals surface area contributed by atoms with Gasteiger partial charge >= 0.3 is 5.69 Å². The van der Waals surface area contributed by atoms with E-state index >= 15 is 0 Å². The van der Waals surface area contributed by atoms with E-state index in [-0.39, 0.29) is 30.3 Å². The second-order valence-electron chi connectivity index (χ2n) is 6.10. The number of nitrogens with zero attached hydrogens (tertiary/aromatic N) is 4. The highest BCUT2D eigenvalue weighted by Gasteiger charge is 2.19. The van der Waals surface area contributed by atoms with Gasteiger partial charge in [0.1, 0.15) is 24.2 Å². The number of benzene rings is 1. The number of nitrogens with two attached hydrogens (primary N) is 1. The molecule has 0 saturated heterocycles. The average Bonchev–Trinajstić information content (AvgIpc) is 2.99. The van der Waals surface area contributed by atoms with Crippen LogP contribution in [0.5, 0.6) is 11.5 Å². The zero-order valence-corrected chi connectivity index (χ0v) is 15.2. The highest BCUT2D eigenvalue weighted by molar-refractivity contribution is 5.73. The van der Waals surface area contributed by atoms with Crippen LogP contribution in [0.25, 0.3) is 11.2 Å². The van der Waals surface area contributed by atoms with E-state index in [0.717, 1.165) is 4.57 Å². The summed E-state index contributed by atoms with van der Waals surface area (Å²) >= 11 is 0. The molecule has 10 heteroatoms. The normalized spacial score (nSPS) is 12.3. The predicted octanol–water partition coefficient (Wildman–Crippen LogP) is -0.536. The molecule has 0 amide bonds. The zero-order chi connectivity index (χ0) is 19.7. The maximum Gasteiger partial charge on any atom is 0.332 e. The molecular weight excluding hydrogens is 354 g/mol. The number of methoxy groups -OCH3 is 1. The summed E-state index contributed by atoms with van der Waals surface area (Å²) in [5.41, 5.74) is 5.20. The van der Waals surface area contributed by atoms with Crippen LogP contribution in [0.15, 0.2) is 33.9 Å². The molecule has 3 N–H and O–H groups in total. The van der Waals surface area contributed by atoms with E-state index in [1.807, 2.05) is 0 Å². The van der Waals surface area contributed by atoms with Gasteiger partial charge in [-0.3, -0.25) is 13.9 Å². The van der Waals surface area contributed by atoms with Gasteiger partial charge in [0.05, 0.1) is 13.7 Å². The number of aliphatic hydroxyl groups excluding tert-OH is 1. The molecule has 1 atom stereocenters. The van der Waals surface area contributed by atoms with Crippen LogP contribution in [0.3, 0.4) is 0 Å². The third-order valence-corrected chi connectivity index (χ3v) is 4.27. The summed E-state index contributed by atoms with van der Waals surface area (Å²) < 4.78 is 14.2. The number of aryl methyl sites for hydroxylation is 1. The smallest absolute Gasteiger partial charge is 0.332 e. The first-order valence-electron chi connectivity index (χ1n) is 8.20. The minimum absolute atomic E-state index is 0.00800. The first-order chi connectivity index (χ1) is 12.8. The van der Waals surface area contributed by atoms with E-state index in [4.69, 9.17) is 15.2 Å². The van der Waals surface area contributed by atoms with Crippen molar-refractivity contribution in [1.82, 2.24) is 18.7 Å². The van der Waals surface area contributed by atoms with Crippen LogP contribution in [-0.2, 0) is 20.6 Å².